The monoisotopic (exact) mass is 661 g/mol. The Morgan fingerprint density at radius 3 is 1.43 bits per heavy atom. The summed E-state index contributed by atoms with van der Waals surface area (Å²) in [5.41, 5.74) is 0. The first kappa shape index (κ1) is 44.2. The lowest BCUT2D eigenvalue weighted by Crippen LogP contribution is -2.54. The minimum absolute atomic E-state index is 0.136. The van der Waals surface area contributed by atoms with Crippen LogP contribution in [-0.2, 0) is 23.9 Å². The number of ether oxygens (including phenoxy) is 2. The van der Waals surface area contributed by atoms with Crippen LogP contribution in [-0.4, -0.2) is 93.7 Å². The fourth-order valence-corrected chi connectivity index (χ4v) is 5.16. The largest absolute Gasteiger partial charge is 0.466 e. The molecule has 46 heavy (non-hydrogen) atoms. The van der Waals surface area contributed by atoms with Crippen molar-refractivity contribution in [3.05, 3.63) is 0 Å². The van der Waals surface area contributed by atoms with Gasteiger partial charge in [-0.2, -0.15) is 0 Å². The molecule has 272 valence electrons. The molecule has 0 aromatic heterocycles. The van der Waals surface area contributed by atoms with E-state index in [0.29, 0.717) is 6.42 Å². The van der Waals surface area contributed by atoms with Crippen molar-refractivity contribution in [1.29, 1.82) is 0 Å². The predicted octanol–water partition coefficient (Wildman–Crippen LogP) is 4.62. The SMILES string of the molecule is CCCCCCCCCCCCOC(=O)CC[C@H](NC(=O)[C@@H](O)[C@H](O)[C@@H](O)[C@@H](O)CO)C(=O)OCCCCCCCCCCCC. The highest BCUT2D eigenvalue weighted by molar-refractivity contribution is 5.87. The first-order chi connectivity index (χ1) is 22.2. The molecule has 0 fully saturated rings. The van der Waals surface area contributed by atoms with E-state index in [1.807, 2.05) is 0 Å². The summed E-state index contributed by atoms with van der Waals surface area (Å²) in [5, 5.41) is 50.9. The lowest BCUT2D eigenvalue weighted by Gasteiger charge is -2.26. The molecule has 0 aromatic rings. The summed E-state index contributed by atoms with van der Waals surface area (Å²) in [5.74, 6) is -2.51. The number of aliphatic hydroxyl groups excluding tert-OH is 5. The Morgan fingerprint density at radius 1 is 0.587 bits per heavy atom. The number of amides is 1. The van der Waals surface area contributed by atoms with Gasteiger partial charge in [-0.1, -0.05) is 129 Å². The van der Waals surface area contributed by atoms with Crippen molar-refractivity contribution >= 4 is 17.8 Å². The van der Waals surface area contributed by atoms with E-state index in [4.69, 9.17) is 14.6 Å². The number of hydrogen-bond acceptors (Lipinski definition) is 10. The molecule has 5 atom stereocenters. The number of carbonyl (C=O) groups is 3. The molecule has 0 saturated carbocycles. The van der Waals surface area contributed by atoms with Crippen molar-refractivity contribution in [2.24, 2.45) is 0 Å². The molecule has 0 bridgehead atoms. The second-order valence-corrected chi connectivity index (χ2v) is 12.5. The summed E-state index contributed by atoms with van der Waals surface area (Å²) in [6.07, 6.45) is 14.3. The fraction of sp³-hybridized carbons (Fsp3) is 0.914. The number of unbranched alkanes of at least 4 members (excludes halogenated alkanes) is 18. The minimum Gasteiger partial charge on any atom is -0.466 e. The van der Waals surface area contributed by atoms with Crippen LogP contribution in [0.1, 0.15) is 155 Å². The summed E-state index contributed by atoms with van der Waals surface area (Å²) in [7, 11) is 0. The number of carbonyl (C=O) groups excluding carboxylic acids is 3. The molecular formula is C35H67NO10. The molecule has 11 heteroatoms. The topological polar surface area (TPSA) is 183 Å². The molecule has 0 rings (SSSR count). The zero-order valence-corrected chi connectivity index (χ0v) is 28.8. The van der Waals surface area contributed by atoms with Crippen LogP contribution in [0.2, 0.25) is 0 Å². The van der Waals surface area contributed by atoms with Crippen LogP contribution in [0, 0.1) is 0 Å². The second-order valence-electron chi connectivity index (χ2n) is 12.5. The van der Waals surface area contributed by atoms with Gasteiger partial charge in [0, 0.05) is 6.42 Å². The zero-order chi connectivity index (χ0) is 34.4. The van der Waals surface area contributed by atoms with Gasteiger partial charge in [0.25, 0.3) is 5.91 Å². The zero-order valence-electron chi connectivity index (χ0n) is 28.8. The first-order valence-corrected chi connectivity index (χ1v) is 18.1. The summed E-state index contributed by atoms with van der Waals surface area (Å²) in [6, 6.07) is -1.30. The maximum Gasteiger partial charge on any atom is 0.328 e. The number of aliphatic hydroxyl groups is 5. The number of rotatable bonds is 32. The van der Waals surface area contributed by atoms with Gasteiger partial charge in [0.1, 0.15) is 24.4 Å². The molecule has 0 spiro atoms. The van der Waals surface area contributed by atoms with Crippen LogP contribution < -0.4 is 5.32 Å². The standard InChI is InChI=1S/C35H67NO10/c1-3-5-7-9-11-13-15-17-19-21-25-45-30(39)24-23-28(36-34(43)33(42)32(41)31(40)29(38)27-37)35(44)46-26-22-20-18-16-14-12-10-8-6-4-2/h28-29,31-33,37-38,40-42H,3-27H2,1-2H3,(H,36,43)/t28-,29-,31-,32+,33-/m0/s1. The highest BCUT2D eigenvalue weighted by Crippen LogP contribution is 2.13. The van der Waals surface area contributed by atoms with E-state index < -0.39 is 54.9 Å². The molecule has 0 saturated heterocycles. The van der Waals surface area contributed by atoms with Gasteiger partial charge in [-0.05, 0) is 19.3 Å². The quantitative estimate of drug-likeness (QED) is 0.0440. The van der Waals surface area contributed by atoms with E-state index in [-0.39, 0.29) is 26.1 Å². The normalized spacial score (nSPS) is 14.7. The van der Waals surface area contributed by atoms with E-state index in [2.05, 4.69) is 19.2 Å². The van der Waals surface area contributed by atoms with Gasteiger partial charge in [0.15, 0.2) is 6.10 Å². The smallest absolute Gasteiger partial charge is 0.328 e. The van der Waals surface area contributed by atoms with Crippen molar-refractivity contribution < 1.29 is 49.4 Å². The summed E-state index contributed by atoms with van der Waals surface area (Å²) in [4.78, 5) is 37.8. The molecule has 1 amide bonds. The van der Waals surface area contributed by atoms with Gasteiger partial charge in [-0.3, -0.25) is 9.59 Å². The van der Waals surface area contributed by atoms with Gasteiger partial charge in [0.05, 0.1) is 19.8 Å². The molecule has 0 unspecified atom stereocenters. The first-order valence-electron chi connectivity index (χ1n) is 18.1. The van der Waals surface area contributed by atoms with Crippen molar-refractivity contribution in [1.82, 2.24) is 5.32 Å². The van der Waals surface area contributed by atoms with Crippen molar-refractivity contribution in [3.63, 3.8) is 0 Å². The second kappa shape index (κ2) is 30.5. The summed E-state index contributed by atoms with van der Waals surface area (Å²) in [6.45, 7) is 3.91. The maximum atomic E-state index is 12.8. The number of nitrogens with one attached hydrogen (secondary N) is 1. The van der Waals surface area contributed by atoms with E-state index in [9.17, 15) is 34.8 Å². The summed E-state index contributed by atoms with van der Waals surface area (Å²) < 4.78 is 10.7. The molecule has 6 N–H and O–H groups in total. The van der Waals surface area contributed by atoms with Crippen molar-refractivity contribution in [2.75, 3.05) is 19.8 Å². The molecule has 0 heterocycles. The highest BCUT2D eigenvalue weighted by atomic mass is 16.5. The van der Waals surface area contributed by atoms with E-state index >= 15 is 0 Å². The minimum atomic E-state index is -2.21. The molecule has 0 aliphatic heterocycles. The van der Waals surface area contributed by atoms with Crippen LogP contribution in [0.5, 0.6) is 0 Å². The third kappa shape index (κ3) is 23.5. The van der Waals surface area contributed by atoms with Crippen LogP contribution >= 0.6 is 0 Å². The molecule has 0 aliphatic rings. The van der Waals surface area contributed by atoms with Gasteiger partial charge in [-0.15, -0.1) is 0 Å². The van der Waals surface area contributed by atoms with Gasteiger partial charge < -0.3 is 40.3 Å². The lowest BCUT2D eigenvalue weighted by atomic mass is 10.0. The van der Waals surface area contributed by atoms with Crippen molar-refractivity contribution in [2.45, 2.75) is 186 Å². The average molecular weight is 662 g/mol. The Bertz CT molecular complexity index is 753. The van der Waals surface area contributed by atoms with E-state index in [0.717, 1.165) is 38.5 Å². The maximum absolute atomic E-state index is 12.8. The fourth-order valence-electron chi connectivity index (χ4n) is 5.16. The Hall–Kier alpha value is -1.79. The lowest BCUT2D eigenvalue weighted by molar-refractivity contribution is -0.155. The number of esters is 2. The van der Waals surface area contributed by atoms with Gasteiger partial charge in [0.2, 0.25) is 0 Å². The molecule has 11 nitrogen and oxygen atoms in total. The van der Waals surface area contributed by atoms with E-state index in [1.54, 1.807) is 0 Å². The molecular weight excluding hydrogens is 594 g/mol. The Kier molecular flexibility index (Phi) is 29.3. The number of hydrogen-bond donors (Lipinski definition) is 6. The Morgan fingerprint density at radius 2 is 1.00 bits per heavy atom. The van der Waals surface area contributed by atoms with Crippen LogP contribution in [0.15, 0.2) is 0 Å². The van der Waals surface area contributed by atoms with Crippen LogP contribution in [0.4, 0.5) is 0 Å². The molecule has 0 aromatic carbocycles. The van der Waals surface area contributed by atoms with Crippen LogP contribution in [0.25, 0.3) is 0 Å². The van der Waals surface area contributed by atoms with Gasteiger partial charge in [-0.25, -0.2) is 4.79 Å². The van der Waals surface area contributed by atoms with Crippen molar-refractivity contribution in [3.8, 4) is 0 Å². The van der Waals surface area contributed by atoms with E-state index in [1.165, 1.54) is 83.5 Å². The Labute approximate surface area is 277 Å². The average Bonchev–Trinajstić information content (AvgIpc) is 3.06. The van der Waals surface area contributed by atoms with Gasteiger partial charge >= 0.3 is 11.9 Å². The molecule has 0 aliphatic carbocycles. The third-order valence-corrected chi connectivity index (χ3v) is 8.26. The highest BCUT2D eigenvalue weighted by Gasteiger charge is 2.36. The predicted molar refractivity (Wildman–Crippen MR) is 178 cm³/mol. The summed E-state index contributed by atoms with van der Waals surface area (Å²) >= 11 is 0. The van der Waals surface area contributed by atoms with Crippen LogP contribution in [0.3, 0.4) is 0 Å². The third-order valence-electron chi connectivity index (χ3n) is 8.26. The Balaban J connectivity index is 4.65. The molecule has 0 radical (unpaired) electrons.